The third-order valence-corrected chi connectivity index (χ3v) is 8.81. The van der Waals surface area contributed by atoms with Gasteiger partial charge >= 0.3 is 5.97 Å². The molecule has 38 heavy (non-hydrogen) atoms. The summed E-state index contributed by atoms with van der Waals surface area (Å²) < 4.78 is 5.77. The maximum absolute atomic E-state index is 12.4. The van der Waals surface area contributed by atoms with Gasteiger partial charge in [0.1, 0.15) is 6.61 Å². The number of nitrogens with one attached hydrogen (secondary N) is 4. The predicted octanol–water partition coefficient (Wildman–Crippen LogP) is 6.72. The molecule has 0 aliphatic carbocycles. The van der Waals surface area contributed by atoms with Crippen molar-refractivity contribution >= 4 is 5.97 Å². The SMILES string of the molecule is C=C(C)C(=O)OCC1(C)c2ccc([nH]2)C(C)(C)c2ccc([nH]2)C(C)(C)c2ccc([nH]2)C(C)(C)c2ccc1[nH]2. The summed E-state index contributed by atoms with van der Waals surface area (Å²) >= 11 is 0. The first-order valence-electron chi connectivity index (χ1n) is 13.3. The van der Waals surface area contributed by atoms with Crippen molar-refractivity contribution in [1.82, 2.24) is 19.9 Å². The summed E-state index contributed by atoms with van der Waals surface area (Å²) in [6.45, 7) is 21.1. The van der Waals surface area contributed by atoms with Crippen LogP contribution in [-0.2, 0) is 31.2 Å². The second kappa shape index (κ2) is 8.42. The Kier molecular flexibility index (Phi) is 5.75. The maximum atomic E-state index is 12.4. The number of hydrogen-bond donors (Lipinski definition) is 4. The van der Waals surface area contributed by atoms with E-state index in [2.05, 4.69) is 124 Å². The Morgan fingerprint density at radius 2 is 0.868 bits per heavy atom. The molecule has 8 bridgehead atoms. The Morgan fingerprint density at radius 1 is 0.605 bits per heavy atom. The lowest BCUT2D eigenvalue weighted by Crippen LogP contribution is -2.33. The van der Waals surface area contributed by atoms with Gasteiger partial charge in [-0.3, -0.25) is 0 Å². The number of aromatic amines is 4. The molecule has 0 amide bonds. The standard InChI is InChI=1S/C32H40N4O2/c1-19(2)28(37)38-18-32(9)26-16-14-24(35-26)30(5,6)22-12-10-20(33-22)29(3,4)21-11-13-23(34-21)31(7,8)25-15-17-27(32)36-25/h10-17,33-36H,1,18H2,2-9H3. The number of fused-ring (bicyclic) bond motifs is 8. The van der Waals surface area contributed by atoms with Gasteiger partial charge in [-0.05, 0) is 104 Å². The van der Waals surface area contributed by atoms with Gasteiger partial charge in [-0.25, -0.2) is 4.79 Å². The van der Waals surface area contributed by atoms with Gasteiger partial charge in [0.2, 0.25) is 0 Å². The minimum atomic E-state index is -0.630. The van der Waals surface area contributed by atoms with E-state index in [9.17, 15) is 4.79 Å². The van der Waals surface area contributed by atoms with Crippen molar-refractivity contribution in [2.75, 3.05) is 6.61 Å². The number of carbonyl (C=O) groups excluding carboxylic acids is 1. The van der Waals surface area contributed by atoms with Gasteiger partial charge in [0.15, 0.2) is 0 Å². The van der Waals surface area contributed by atoms with Crippen LogP contribution in [0.15, 0.2) is 60.7 Å². The minimum absolute atomic E-state index is 0.174. The topological polar surface area (TPSA) is 89.5 Å². The van der Waals surface area contributed by atoms with Crippen LogP contribution in [0, 0.1) is 0 Å². The molecule has 5 heterocycles. The van der Waals surface area contributed by atoms with E-state index >= 15 is 0 Å². The highest BCUT2D eigenvalue weighted by Crippen LogP contribution is 2.41. The molecule has 1 aliphatic rings. The van der Waals surface area contributed by atoms with Gasteiger partial charge in [0, 0.05) is 67.4 Å². The molecular weight excluding hydrogens is 472 g/mol. The summed E-state index contributed by atoms with van der Waals surface area (Å²) in [6, 6.07) is 17.3. The molecule has 6 nitrogen and oxygen atoms in total. The molecule has 4 aromatic rings. The first-order chi connectivity index (χ1) is 17.7. The zero-order valence-electron chi connectivity index (χ0n) is 23.8. The van der Waals surface area contributed by atoms with Crippen molar-refractivity contribution in [3.05, 3.63) is 106 Å². The lowest BCUT2D eigenvalue weighted by molar-refractivity contribution is -0.140. The summed E-state index contributed by atoms with van der Waals surface area (Å²) in [5.74, 6) is -0.391. The van der Waals surface area contributed by atoms with Gasteiger partial charge in [-0.15, -0.1) is 0 Å². The van der Waals surface area contributed by atoms with Crippen LogP contribution in [0.1, 0.15) is 101 Å². The number of aromatic nitrogens is 4. The summed E-state index contributed by atoms with van der Waals surface area (Å²) in [5.41, 5.74) is 7.61. The first kappa shape index (κ1) is 26.0. The van der Waals surface area contributed by atoms with Crippen molar-refractivity contribution in [2.45, 2.75) is 77.0 Å². The fourth-order valence-corrected chi connectivity index (χ4v) is 5.48. The van der Waals surface area contributed by atoms with Crippen LogP contribution in [0.5, 0.6) is 0 Å². The van der Waals surface area contributed by atoms with Crippen molar-refractivity contribution in [2.24, 2.45) is 0 Å². The molecule has 1 aliphatic heterocycles. The van der Waals surface area contributed by atoms with E-state index < -0.39 is 11.4 Å². The number of esters is 1. The summed E-state index contributed by atoms with van der Waals surface area (Å²) in [4.78, 5) is 27.3. The van der Waals surface area contributed by atoms with E-state index in [-0.39, 0.29) is 22.9 Å². The zero-order chi connectivity index (χ0) is 27.7. The number of hydrogen-bond acceptors (Lipinski definition) is 2. The Balaban J connectivity index is 1.72. The molecule has 4 aromatic heterocycles. The molecule has 4 N–H and O–H groups in total. The fraction of sp³-hybridized carbons (Fsp3) is 0.406. The molecule has 5 rings (SSSR count). The number of ether oxygens (including phenoxy) is 1. The molecule has 0 unspecified atom stereocenters. The van der Waals surface area contributed by atoms with Gasteiger partial charge < -0.3 is 24.7 Å². The average Bonchev–Trinajstić information content (AvgIpc) is 3.67. The molecule has 6 heteroatoms. The van der Waals surface area contributed by atoms with Crippen LogP contribution in [0.25, 0.3) is 0 Å². The predicted molar refractivity (Wildman–Crippen MR) is 152 cm³/mol. The molecule has 0 saturated carbocycles. The Morgan fingerprint density at radius 3 is 1.16 bits per heavy atom. The second-order valence-corrected chi connectivity index (χ2v) is 12.7. The number of carbonyl (C=O) groups is 1. The van der Waals surface area contributed by atoms with Crippen molar-refractivity contribution in [3.8, 4) is 0 Å². The Bertz CT molecular complexity index is 1420. The van der Waals surface area contributed by atoms with Gasteiger partial charge in [-0.1, -0.05) is 6.58 Å². The molecule has 0 spiro atoms. The van der Waals surface area contributed by atoms with E-state index in [1.54, 1.807) is 6.92 Å². The largest absolute Gasteiger partial charge is 0.461 e. The normalized spacial score (nSPS) is 18.6. The lowest BCUT2D eigenvalue weighted by atomic mass is 9.84. The third kappa shape index (κ3) is 3.89. The average molecular weight is 513 g/mol. The molecule has 0 aromatic carbocycles. The van der Waals surface area contributed by atoms with Crippen LogP contribution >= 0.6 is 0 Å². The van der Waals surface area contributed by atoms with E-state index in [0.29, 0.717) is 5.57 Å². The third-order valence-electron chi connectivity index (χ3n) is 8.81. The molecule has 200 valence electrons. The van der Waals surface area contributed by atoms with Crippen LogP contribution in [-0.4, -0.2) is 32.5 Å². The Labute approximate surface area is 225 Å². The minimum Gasteiger partial charge on any atom is -0.461 e. The summed E-state index contributed by atoms with van der Waals surface area (Å²) in [5, 5.41) is 0. The smallest absolute Gasteiger partial charge is 0.333 e. The highest BCUT2D eigenvalue weighted by Gasteiger charge is 2.39. The van der Waals surface area contributed by atoms with Gasteiger partial charge in [0.05, 0.1) is 5.41 Å². The molecular formula is C32H40N4O2. The van der Waals surface area contributed by atoms with E-state index in [4.69, 9.17) is 4.74 Å². The molecule has 0 atom stereocenters. The van der Waals surface area contributed by atoms with Gasteiger partial charge in [0.25, 0.3) is 0 Å². The summed E-state index contributed by atoms with van der Waals surface area (Å²) in [7, 11) is 0. The molecule has 0 fully saturated rings. The maximum Gasteiger partial charge on any atom is 0.333 e. The van der Waals surface area contributed by atoms with Crippen molar-refractivity contribution < 1.29 is 9.53 Å². The van der Waals surface area contributed by atoms with Crippen LogP contribution in [0.4, 0.5) is 0 Å². The fourth-order valence-electron chi connectivity index (χ4n) is 5.48. The monoisotopic (exact) mass is 512 g/mol. The van der Waals surface area contributed by atoms with Crippen LogP contribution in [0.3, 0.4) is 0 Å². The first-order valence-corrected chi connectivity index (χ1v) is 13.3. The lowest BCUT2D eigenvalue weighted by Gasteiger charge is -2.30. The second-order valence-electron chi connectivity index (χ2n) is 12.7. The number of rotatable bonds is 3. The number of H-pyrrole nitrogens is 4. The molecule has 0 saturated heterocycles. The van der Waals surface area contributed by atoms with Crippen molar-refractivity contribution in [3.63, 3.8) is 0 Å². The van der Waals surface area contributed by atoms with Crippen LogP contribution < -0.4 is 0 Å². The Hall–Kier alpha value is -3.67. The zero-order valence-corrected chi connectivity index (χ0v) is 23.8. The van der Waals surface area contributed by atoms with Gasteiger partial charge in [-0.2, -0.15) is 0 Å². The highest BCUT2D eigenvalue weighted by molar-refractivity contribution is 5.87. The highest BCUT2D eigenvalue weighted by atomic mass is 16.5. The van der Waals surface area contributed by atoms with E-state index in [1.807, 2.05) is 0 Å². The molecule has 0 radical (unpaired) electrons. The van der Waals surface area contributed by atoms with Crippen molar-refractivity contribution in [1.29, 1.82) is 0 Å². The quantitative estimate of drug-likeness (QED) is 0.181. The van der Waals surface area contributed by atoms with E-state index in [1.165, 1.54) is 0 Å². The summed E-state index contributed by atoms with van der Waals surface area (Å²) in [6.07, 6.45) is 0. The van der Waals surface area contributed by atoms with Crippen LogP contribution in [0.2, 0.25) is 0 Å². The van der Waals surface area contributed by atoms with E-state index in [0.717, 1.165) is 45.6 Å².